The number of urea groups is 1. The van der Waals surface area contributed by atoms with Crippen LogP contribution in [0.1, 0.15) is 20.3 Å². The van der Waals surface area contributed by atoms with Crippen molar-refractivity contribution < 1.29 is 14.3 Å². The van der Waals surface area contributed by atoms with Crippen molar-refractivity contribution in [2.75, 3.05) is 46.6 Å². The number of ether oxygens (including phenoxy) is 2. The zero-order chi connectivity index (χ0) is 12.7. The number of nitrogens with one attached hydrogen (secondary N) is 1. The van der Waals surface area contributed by atoms with Crippen LogP contribution in [-0.2, 0) is 9.47 Å². The zero-order valence-electron chi connectivity index (χ0n) is 11.1. The minimum Gasteiger partial charge on any atom is -0.385 e. The highest BCUT2D eigenvalue weighted by molar-refractivity contribution is 5.74. The van der Waals surface area contributed by atoms with Crippen LogP contribution in [-0.4, -0.2) is 57.5 Å². The van der Waals surface area contributed by atoms with E-state index in [-0.39, 0.29) is 11.4 Å². The van der Waals surface area contributed by atoms with Crippen molar-refractivity contribution in [2.24, 2.45) is 5.41 Å². The molecule has 0 unspecified atom stereocenters. The fourth-order valence-electron chi connectivity index (χ4n) is 1.66. The quantitative estimate of drug-likeness (QED) is 0.787. The van der Waals surface area contributed by atoms with Crippen molar-refractivity contribution in [1.29, 1.82) is 0 Å². The van der Waals surface area contributed by atoms with E-state index >= 15 is 0 Å². The Morgan fingerprint density at radius 2 is 2.06 bits per heavy atom. The Kier molecular flexibility index (Phi) is 5.71. The lowest BCUT2D eigenvalue weighted by atomic mass is 9.90. The van der Waals surface area contributed by atoms with Gasteiger partial charge in [0, 0.05) is 33.4 Å². The van der Waals surface area contributed by atoms with Crippen LogP contribution in [0, 0.1) is 5.41 Å². The summed E-state index contributed by atoms with van der Waals surface area (Å²) in [5.74, 6) is 0. The molecule has 0 aliphatic carbocycles. The van der Waals surface area contributed by atoms with Crippen LogP contribution in [0.5, 0.6) is 0 Å². The monoisotopic (exact) mass is 244 g/mol. The van der Waals surface area contributed by atoms with Crippen LogP contribution < -0.4 is 5.32 Å². The van der Waals surface area contributed by atoms with Crippen molar-refractivity contribution in [3.63, 3.8) is 0 Å². The molecule has 1 saturated heterocycles. The Labute approximate surface area is 103 Å². The SMILES string of the molecule is COCCC(C)(C)CNC(=O)N1CCOCC1. The first-order valence-electron chi connectivity index (χ1n) is 6.15. The molecule has 5 heteroatoms. The topological polar surface area (TPSA) is 50.8 Å². The average molecular weight is 244 g/mol. The van der Waals surface area contributed by atoms with E-state index in [1.807, 2.05) is 0 Å². The Morgan fingerprint density at radius 1 is 1.41 bits per heavy atom. The second-order valence-electron chi connectivity index (χ2n) is 5.17. The molecule has 0 atom stereocenters. The minimum absolute atomic E-state index is 0.0128. The maximum atomic E-state index is 11.8. The largest absolute Gasteiger partial charge is 0.385 e. The molecule has 0 radical (unpaired) electrons. The van der Waals surface area contributed by atoms with Gasteiger partial charge in [0.25, 0.3) is 0 Å². The summed E-state index contributed by atoms with van der Waals surface area (Å²) in [6, 6.07) is 0.0128. The minimum atomic E-state index is 0.0128. The summed E-state index contributed by atoms with van der Waals surface area (Å²) in [4.78, 5) is 13.6. The smallest absolute Gasteiger partial charge is 0.317 e. The van der Waals surface area contributed by atoms with E-state index in [9.17, 15) is 4.79 Å². The van der Waals surface area contributed by atoms with Crippen molar-refractivity contribution >= 4 is 6.03 Å². The number of nitrogens with zero attached hydrogens (tertiary/aromatic N) is 1. The number of hydrogen-bond acceptors (Lipinski definition) is 3. The molecule has 0 saturated carbocycles. The second-order valence-corrected chi connectivity index (χ2v) is 5.17. The predicted octanol–water partition coefficient (Wildman–Crippen LogP) is 1.09. The van der Waals surface area contributed by atoms with E-state index in [2.05, 4.69) is 19.2 Å². The normalized spacial score (nSPS) is 17.0. The molecule has 0 bridgehead atoms. The van der Waals surface area contributed by atoms with Gasteiger partial charge in [-0.25, -0.2) is 4.79 Å². The molecule has 1 N–H and O–H groups in total. The van der Waals surface area contributed by atoms with E-state index in [1.54, 1.807) is 12.0 Å². The number of rotatable bonds is 5. The highest BCUT2D eigenvalue weighted by Gasteiger charge is 2.21. The third kappa shape index (κ3) is 5.37. The van der Waals surface area contributed by atoms with Gasteiger partial charge in [-0.3, -0.25) is 0 Å². The van der Waals surface area contributed by atoms with Gasteiger partial charge in [-0.05, 0) is 11.8 Å². The number of carbonyl (C=O) groups is 1. The summed E-state index contributed by atoms with van der Waals surface area (Å²) in [7, 11) is 1.70. The molecule has 1 fully saturated rings. The first kappa shape index (κ1) is 14.3. The van der Waals surface area contributed by atoms with Crippen molar-refractivity contribution in [3.05, 3.63) is 0 Å². The van der Waals surface area contributed by atoms with Crippen LogP contribution in [0.4, 0.5) is 4.79 Å². The number of hydrogen-bond donors (Lipinski definition) is 1. The maximum absolute atomic E-state index is 11.8. The van der Waals surface area contributed by atoms with Crippen LogP contribution in [0.2, 0.25) is 0 Å². The summed E-state index contributed by atoms with van der Waals surface area (Å²) < 4.78 is 10.3. The number of carbonyl (C=O) groups excluding carboxylic acids is 1. The third-order valence-corrected chi connectivity index (χ3v) is 3.00. The second kappa shape index (κ2) is 6.81. The molecule has 1 aliphatic heterocycles. The lowest BCUT2D eigenvalue weighted by Gasteiger charge is -2.30. The Balaban J connectivity index is 2.26. The molecule has 1 aliphatic rings. The summed E-state index contributed by atoms with van der Waals surface area (Å²) in [6.07, 6.45) is 0.937. The standard InChI is InChI=1S/C12H24N2O3/c1-12(2,4-7-16-3)10-13-11(15)14-5-8-17-9-6-14/h4-10H2,1-3H3,(H,13,15). The van der Waals surface area contributed by atoms with Gasteiger partial charge in [0.1, 0.15) is 0 Å². The fourth-order valence-corrected chi connectivity index (χ4v) is 1.66. The molecule has 1 rings (SSSR count). The summed E-state index contributed by atoms with van der Waals surface area (Å²) in [5, 5.41) is 2.98. The summed E-state index contributed by atoms with van der Waals surface area (Å²) in [6.45, 7) is 8.31. The van der Waals surface area contributed by atoms with Gasteiger partial charge in [-0.1, -0.05) is 13.8 Å². The van der Waals surface area contributed by atoms with Gasteiger partial charge in [-0.15, -0.1) is 0 Å². The van der Waals surface area contributed by atoms with E-state index in [4.69, 9.17) is 9.47 Å². The molecule has 0 spiro atoms. The molecule has 5 nitrogen and oxygen atoms in total. The van der Waals surface area contributed by atoms with Gasteiger partial charge in [0.15, 0.2) is 0 Å². The van der Waals surface area contributed by atoms with Crippen LogP contribution in [0.3, 0.4) is 0 Å². The van der Waals surface area contributed by atoms with E-state index in [1.165, 1.54) is 0 Å². The van der Waals surface area contributed by atoms with Gasteiger partial charge >= 0.3 is 6.03 Å². The highest BCUT2D eigenvalue weighted by atomic mass is 16.5. The van der Waals surface area contributed by atoms with Crippen molar-refractivity contribution in [1.82, 2.24) is 10.2 Å². The molecular weight excluding hydrogens is 220 g/mol. The lowest BCUT2D eigenvalue weighted by Crippen LogP contribution is -2.48. The van der Waals surface area contributed by atoms with Gasteiger partial charge in [0.05, 0.1) is 13.2 Å². The van der Waals surface area contributed by atoms with Gasteiger partial charge in [-0.2, -0.15) is 0 Å². The fraction of sp³-hybridized carbons (Fsp3) is 0.917. The highest BCUT2D eigenvalue weighted by Crippen LogP contribution is 2.18. The number of methoxy groups -OCH3 is 1. The zero-order valence-corrected chi connectivity index (χ0v) is 11.1. The molecule has 2 amide bonds. The molecule has 0 aromatic carbocycles. The molecule has 0 aromatic rings. The summed E-state index contributed by atoms with van der Waals surface area (Å²) >= 11 is 0. The van der Waals surface area contributed by atoms with Gasteiger partial charge in [0.2, 0.25) is 0 Å². The average Bonchev–Trinajstić information content (AvgIpc) is 2.35. The van der Waals surface area contributed by atoms with E-state index < -0.39 is 0 Å². The first-order chi connectivity index (χ1) is 8.05. The Hall–Kier alpha value is -0.810. The third-order valence-electron chi connectivity index (χ3n) is 3.00. The van der Waals surface area contributed by atoms with Gasteiger partial charge < -0.3 is 19.7 Å². The molecule has 0 aromatic heterocycles. The number of amides is 2. The molecule has 17 heavy (non-hydrogen) atoms. The molecule has 100 valence electrons. The van der Waals surface area contributed by atoms with E-state index in [0.29, 0.717) is 32.8 Å². The Bertz CT molecular complexity index is 238. The van der Waals surface area contributed by atoms with Crippen molar-refractivity contribution in [2.45, 2.75) is 20.3 Å². The first-order valence-corrected chi connectivity index (χ1v) is 6.15. The molecular formula is C12H24N2O3. The summed E-state index contributed by atoms with van der Waals surface area (Å²) in [5.41, 5.74) is 0.0674. The Morgan fingerprint density at radius 3 is 2.65 bits per heavy atom. The van der Waals surface area contributed by atoms with Crippen LogP contribution in [0.25, 0.3) is 0 Å². The maximum Gasteiger partial charge on any atom is 0.317 e. The number of morpholine rings is 1. The van der Waals surface area contributed by atoms with E-state index in [0.717, 1.165) is 13.0 Å². The van der Waals surface area contributed by atoms with Crippen molar-refractivity contribution in [3.8, 4) is 0 Å². The predicted molar refractivity (Wildman–Crippen MR) is 66.1 cm³/mol. The lowest BCUT2D eigenvalue weighted by molar-refractivity contribution is 0.0523. The van der Waals surface area contributed by atoms with Crippen LogP contribution in [0.15, 0.2) is 0 Å². The molecule has 1 heterocycles. The van der Waals surface area contributed by atoms with Crippen LogP contribution >= 0.6 is 0 Å².